The van der Waals surface area contributed by atoms with E-state index in [4.69, 9.17) is 0 Å². The Kier molecular flexibility index (Phi) is 4.92. The van der Waals surface area contributed by atoms with Crippen molar-refractivity contribution in [3.8, 4) is 0 Å². The van der Waals surface area contributed by atoms with E-state index in [1.807, 2.05) is 13.1 Å². The molecule has 1 unspecified atom stereocenters. The zero-order valence-corrected chi connectivity index (χ0v) is 13.8. The van der Waals surface area contributed by atoms with Gasteiger partial charge in [0, 0.05) is 17.3 Å². The average molecular weight is 326 g/mol. The summed E-state index contributed by atoms with van der Waals surface area (Å²) in [6.07, 6.45) is 4.19. The zero-order chi connectivity index (χ0) is 15.5. The summed E-state index contributed by atoms with van der Waals surface area (Å²) in [4.78, 5) is 9.89. The van der Waals surface area contributed by atoms with Crippen molar-refractivity contribution < 1.29 is 8.42 Å². The van der Waals surface area contributed by atoms with Gasteiger partial charge in [-0.15, -0.1) is 11.3 Å². The number of nitrogens with one attached hydrogen (secondary N) is 2. The second-order valence-corrected chi connectivity index (χ2v) is 7.50. The first-order valence-corrected chi connectivity index (χ1v) is 8.87. The Morgan fingerprint density at radius 2 is 2.05 bits per heavy atom. The summed E-state index contributed by atoms with van der Waals surface area (Å²) in [5.74, 6) is 0.616. The summed E-state index contributed by atoms with van der Waals surface area (Å²) in [7, 11) is -2.07. The lowest BCUT2D eigenvalue weighted by Gasteiger charge is -2.12. The highest BCUT2D eigenvalue weighted by atomic mass is 32.2. The molecule has 2 aromatic rings. The molecule has 2 rings (SSSR count). The summed E-state index contributed by atoms with van der Waals surface area (Å²) in [6, 6.07) is 3.19. The van der Waals surface area contributed by atoms with Crippen LogP contribution in [0.5, 0.6) is 0 Å². The molecule has 8 heteroatoms. The predicted molar refractivity (Wildman–Crippen MR) is 84.0 cm³/mol. The van der Waals surface area contributed by atoms with Crippen LogP contribution < -0.4 is 10.0 Å². The highest BCUT2D eigenvalue weighted by Gasteiger charge is 2.13. The number of rotatable bonds is 6. The maximum atomic E-state index is 11.6. The van der Waals surface area contributed by atoms with Crippen LogP contribution >= 0.6 is 11.3 Å². The van der Waals surface area contributed by atoms with Crippen LogP contribution in [0, 0.1) is 0 Å². The number of aromatic nitrogens is 2. The van der Waals surface area contributed by atoms with Crippen molar-refractivity contribution in [3.05, 3.63) is 34.4 Å². The van der Waals surface area contributed by atoms with Crippen LogP contribution in [-0.2, 0) is 16.4 Å². The van der Waals surface area contributed by atoms with Crippen molar-refractivity contribution in [2.45, 2.75) is 31.2 Å². The molecule has 0 radical (unpaired) electrons. The van der Waals surface area contributed by atoms with Gasteiger partial charge >= 0.3 is 0 Å². The molecule has 2 N–H and O–H groups in total. The Morgan fingerprint density at radius 1 is 1.29 bits per heavy atom. The fraction of sp³-hybridized carbons (Fsp3) is 0.385. The molecule has 114 valence electrons. The third-order valence-corrected chi connectivity index (χ3v) is 5.69. The molecule has 0 spiro atoms. The van der Waals surface area contributed by atoms with Crippen LogP contribution in [-0.4, -0.2) is 25.4 Å². The second kappa shape index (κ2) is 6.50. The zero-order valence-electron chi connectivity index (χ0n) is 12.1. The Balaban J connectivity index is 2.09. The molecule has 21 heavy (non-hydrogen) atoms. The lowest BCUT2D eigenvalue weighted by Crippen LogP contribution is -2.18. The third kappa shape index (κ3) is 3.78. The molecule has 6 nitrogen and oxygen atoms in total. The van der Waals surface area contributed by atoms with Gasteiger partial charge in [-0.05, 0) is 32.5 Å². The summed E-state index contributed by atoms with van der Waals surface area (Å²) >= 11 is 1.66. The van der Waals surface area contributed by atoms with E-state index in [0.717, 1.165) is 11.4 Å². The summed E-state index contributed by atoms with van der Waals surface area (Å²) in [5, 5.41) is 4.20. The molecule has 0 saturated carbocycles. The highest BCUT2D eigenvalue weighted by molar-refractivity contribution is 7.89. The van der Waals surface area contributed by atoms with E-state index in [2.05, 4.69) is 26.9 Å². The Bertz CT molecular complexity index is 695. The summed E-state index contributed by atoms with van der Waals surface area (Å²) in [6.45, 7) is 4.09. The Labute approximate surface area is 128 Å². The molecular formula is C13H18N4O2S2. The van der Waals surface area contributed by atoms with Crippen molar-refractivity contribution in [1.29, 1.82) is 0 Å². The standard InChI is InChI=1S/C13H18N4O2S2/c1-4-10-7-16-13(20-10)9(2)17-12-6-5-11(8-15-12)21(18,19)14-3/h5-9,14H,4H2,1-3H3,(H,15,17). The van der Waals surface area contributed by atoms with E-state index < -0.39 is 10.0 Å². The Hall–Kier alpha value is -1.51. The minimum Gasteiger partial charge on any atom is -0.361 e. The molecule has 2 aromatic heterocycles. The lowest BCUT2D eigenvalue weighted by atomic mass is 10.3. The first-order chi connectivity index (χ1) is 9.96. The molecular weight excluding hydrogens is 308 g/mol. The number of thiazole rings is 1. The maximum Gasteiger partial charge on any atom is 0.241 e. The maximum absolute atomic E-state index is 11.6. The topological polar surface area (TPSA) is 84.0 Å². The van der Waals surface area contributed by atoms with Gasteiger partial charge in [-0.25, -0.2) is 23.1 Å². The molecule has 0 aliphatic heterocycles. The number of pyridine rings is 1. The number of anilines is 1. The molecule has 0 amide bonds. The molecule has 0 aromatic carbocycles. The molecule has 0 fully saturated rings. The number of sulfonamides is 1. The molecule has 1 atom stereocenters. The first kappa shape index (κ1) is 15.9. The van der Waals surface area contributed by atoms with Crippen LogP contribution in [0.1, 0.15) is 29.8 Å². The van der Waals surface area contributed by atoms with Crippen molar-refractivity contribution in [2.24, 2.45) is 0 Å². The van der Waals surface area contributed by atoms with Crippen molar-refractivity contribution in [2.75, 3.05) is 12.4 Å². The van der Waals surface area contributed by atoms with E-state index >= 15 is 0 Å². The SMILES string of the molecule is CCc1cnc(C(C)Nc2ccc(S(=O)(=O)NC)cn2)s1. The van der Waals surface area contributed by atoms with Gasteiger partial charge in [-0.1, -0.05) is 6.92 Å². The molecule has 0 saturated heterocycles. The van der Waals surface area contributed by atoms with Gasteiger partial charge in [0.25, 0.3) is 0 Å². The summed E-state index contributed by atoms with van der Waals surface area (Å²) < 4.78 is 25.5. The van der Waals surface area contributed by atoms with Gasteiger partial charge in [-0.2, -0.15) is 0 Å². The number of hydrogen-bond donors (Lipinski definition) is 2. The molecule has 0 aliphatic carbocycles. The number of nitrogens with zero attached hydrogens (tertiary/aromatic N) is 2. The minimum absolute atomic E-state index is 0.0227. The van der Waals surface area contributed by atoms with Gasteiger partial charge < -0.3 is 5.32 Å². The highest BCUT2D eigenvalue weighted by Crippen LogP contribution is 2.23. The van der Waals surface area contributed by atoms with Crippen LogP contribution in [0.3, 0.4) is 0 Å². The van der Waals surface area contributed by atoms with Gasteiger partial charge in [-0.3, -0.25) is 0 Å². The summed E-state index contributed by atoms with van der Waals surface area (Å²) in [5.41, 5.74) is 0. The smallest absolute Gasteiger partial charge is 0.241 e. The van der Waals surface area contributed by atoms with E-state index in [1.54, 1.807) is 17.4 Å². The third-order valence-electron chi connectivity index (χ3n) is 2.97. The fourth-order valence-electron chi connectivity index (χ4n) is 1.71. The first-order valence-electron chi connectivity index (χ1n) is 6.57. The average Bonchev–Trinajstić information content (AvgIpc) is 2.97. The van der Waals surface area contributed by atoms with E-state index in [-0.39, 0.29) is 10.9 Å². The van der Waals surface area contributed by atoms with Crippen LogP contribution in [0.2, 0.25) is 0 Å². The predicted octanol–water partition coefficient (Wildman–Crippen LogP) is 2.18. The largest absolute Gasteiger partial charge is 0.361 e. The van der Waals surface area contributed by atoms with E-state index in [9.17, 15) is 8.42 Å². The molecule has 0 aliphatic rings. The quantitative estimate of drug-likeness (QED) is 0.850. The lowest BCUT2D eigenvalue weighted by molar-refractivity contribution is 0.588. The van der Waals surface area contributed by atoms with Crippen molar-refractivity contribution >= 4 is 27.2 Å². The van der Waals surface area contributed by atoms with Crippen molar-refractivity contribution in [3.63, 3.8) is 0 Å². The monoisotopic (exact) mass is 326 g/mol. The fourth-order valence-corrected chi connectivity index (χ4v) is 3.25. The molecule has 2 heterocycles. The van der Waals surface area contributed by atoms with Gasteiger partial charge in [0.15, 0.2) is 0 Å². The van der Waals surface area contributed by atoms with Crippen LogP contribution in [0.15, 0.2) is 29.4 Å². The van der Waals surface area contributed by atoms with E-state index in [1.165, 1.54) is 24.2 Å². The second-order valence-electron chi connectivity index (χ2n) is 4.47. The Morgan fingerprint density at radius 3 is 2.57 bits per heavy atom. The van der Waals surface area contributed by atoms with Crippen molar-refractivity contribution in [1.82, 2.24) is 14.7 Å². The van der Waals surface area contributed by atoms with Gasteiger partial charge in [0.2, 0.25) is 10.0 Å². The van der Waals surface area contributed by atoms with Crippen LogP contribution in [0.4, 0.5) is 5.82 Å². The van der Waals surface area contributed by atoms with E-state index in [0.29, 0.717) is 5.82 Å². The number of hydrogen-bond acceptors (Lipinski definition) is 6. The normalized spacial score (nSPS) is 13.1. The molecule has 0 bridgehead atoms. The van der Waals surface area contributed by atoms with Gasteiger partial charge in [0.1, 0.15) is 15.7 Å². The minimum atomic E-state index is -3.45. The number of aryl methyl sites for hydroxylation is 1. The van der Waals surface area contributed by atoms with Gasteiger partial charge in [0.05, 0.1) is 6.04 Å². The van der Waals surface area contributed by atoms with Crippen LogP contribution in [0.25, 0.3) is 0 Å².